The fourth-order valence-electron chi connectivity index (χ4n) is 1.14. The van der Waals surface area contributed by atoms with Crippen LogP contribution in [0.25, 0.3) is 0 Å². The third kappa shape index (κ3) is 2.22. The summed E-state index contributed by atoms with van der Waals surface area (Å²) in [5.41, 5.74) is 0.441. The Morgan fingerprint density at radius 2 is 1.79 bits per heavy atom. The second kappa shape index (κ2) is 4.60. The van der Waals surface area contributed by atoms with E-state index in [1.54, 1.807) is 0 Å². The Morgan fingerprint density at radius 1 is 1.14 bits per heavy atom. The van der Waals surface area contributed by atoms with Crippen LogP contribution in [0.2, 0.25) is 0 Å². The molecule has 1 aromatic rings. The van der Waals surface area contributed by atoms with Crippen LogP contribution in [0.15, 0.2) is 12.1 Å². The predicted octanol–water partition coefficient (Wildman–Crippen LogP) is 1.91. The van der Waals surface area contributed by atoms with E-state index in [1.165, 1.54) is 0 Å². The van der Waals surface area contributed by atoms with Crippen LogP contribution in [0.5, 0.6) is 0 Å². The summed E-state index contributed by atoms with van der Waals surface area (Å²) in [6.07, 6.45) is 1.54. The van der Waals surface area contributed by atoms with Gasteiger partial charge in [-0.05, 0) is 24.1 Å². The number of aldehydes is 2. The molecule has 1 rings (SSSR count). The van der Waals surface area contributed by atoms with Gasteiger partial charge in [0.15, 0.2) is 11.6 Å². The Kier molecular flexibility index (Phi) is 3.45. The molecule has 0 spiro atoms. The average Bonchev–Trinajstić information content (AvgIpc) is 2.19. The number of halogens is 2. The molecule has 74 valence electrons. The van der Waals surface area contributed by atoms with Crippen LogP contribution in [0.4, 0.5) is 8.78 Å². The lowest BCUT2D eigenvalue weighted by atomic mass is 10.0. The highest BCUT2D eigenvalue weighted by atomic mass is 19.2. The molecule has 0 atom stereocenters. The molecule has 0 unspecified atom stereocenters. The molecule has 1 aromatic carbocycles. The molecular weight excluding hydrogens is 190 g/mol. The molecule has 0 fully saturated rings. The van der Waals surface area contributed by atoms with E-state index in [1.807, 2.05) is 0 Å². The maximum atomic E-state index is 12.7. The molecule has 0 N–H and O–H groups in total. The molecule has 0 aliphatic rings. The molecule has 0 saturated heterocycles. The van der Waals surface area contributed by atoms with Crippen LogP contribution in [-0.4, -0.2) is 12.6 Å². The van der Waals surface area contributed by atoms with Crippen LogP contribution in [-0.2, 0) is 11.2 Å². The largest absolute Gasteiger partial charge is 0.303 e. The summed E-state index contributed by atoms with van der Waals surface area (Å²) in [4.78, 5) is 20.6. The zero-order valence-electron chi connectivity index (χ0n) is 7.30. The van der Waals surface area contributed by atoms with E-state index in [0.717, 1.165) is 12.1 Å². The van der Waals surface area contributed by atoms with Gasteiger partial charge in [-0.15, -0.1) is 0 Å². The van der Waals surface area contributed by atoms with Gasteiger partial charge in [0.25, 0.3) is 0 Å². The number of rotatable bonds is 4. The van der Waals surface area contributed by atoms with Crippen LogP contribution < -0.4 is 0 Å². The second-order valence-corrected chi connectivity index (χ2v) is 2.79. The van der Waals surface area contributed by atoms with E-state index in [0.29, 0.717) is 18.1 Å². The lowest BCUT2D eigenvalue weighted by molar-refractivity contribution is -0.107. The number of carbonyl (C=O) groups excluding carboxylic acids is 2. The van der Waals surface area contributed by atoms with Gasteiger partial charge in [0, 0.05) is 12.0 Å². The minimum atomic E-state index is -1.05. The van der Waals surface area contributed by atoms with Crippen LogP contribution >= 0.6 is 0 Å². The normalized spacial score (nSPS) is 9.86. The first-order chi connectivity index (χ1) is 6.69. The van der Waals surface area contributed by atoms with Gasteiger partial charge < -0.3 is 4.79 Å². The van der Waals surface area contributed by atoms with Crippen molar-refractivity contribution in [1.29, 1.82) is 0 Å². The number of hydrogen-bond donors (Lipinski definition) is 0. The van der Waals surface area contributed by atoms with Gasteiger partial charge >= 0.3 is 0 Å². The van der Waals surface area contributed by atoms with Crippen molar-refractivity contribution in [2.75, 3.05) is 0 Å². The molecule has 4 heteroatoms. The standard InChI is InChI=1S/C10H8F2O2/c11-9-4-7(2-1-3-13)8(6-14)5-10(9)12/h3-6H,1-2H2. The van der Waals surface area contributed by atoms with Gasteiger partial charge in [0.1, 0.15) is 12.6 Å². The number of aryl methyl sites for hydroxylation is 1. The molecule has 14 heavy (non-hydrogen) atoms. The highest BCUT2D eigenvalue weighted by Gasteiger charge is 2.08. The van der Waals surface area contributed by atoms with E-state index in [9.17, 15) is 18.4 Å². The number of benzene rings is 1. The monoisotopic (exact) mass is 198 g/mol. The molecule has 0 aliphatic carbocycles. The number of hydrogen-bond acceptors (Lipinski definition) is 2. The topological polar surface area (TPSA) is 34.1 Å². The summed E-state index contributed by atoms with van der Waals surface area (Å²) in [6, 6.07) is 1.78. The minimum absolute atomic E-state index is 0.0887. The van der Waals surface area contributed by atoms with Gasteiger partial charge in [-0.25, -0.2) is 8.78 Å². The zero-order valence-corrected chi connectivity index (χ0v) is 7.30. The first-order valence-corrected chi connectivity index (χ1v) is 4.05. The zero-order chi connectivity index (χ0) is 10.6. The van der Waals surface area contributed by atoms with Crippen molar-refractivity contribution in [2.24, 2.45) is 0 Å². The van der Waals surface area contributed by atoms with Crippen molar-refractivity contribution in [3.63, 3.8) is 0 Å². The SMILES string of the molecule is O=CCCc1cc(F)c(F)cc1C=O. The maximum Gasteiger partial charge on any atom is 0.159 e. The summed E-state index contributed by atoms with van der Waals surface area (Å²) in [5, 5.41) is 0. The van der Waals surface area contributed by atoms with Crippen molar-refractivity contribution in [3.8, 4) is 0 Å². The van der Waals surface area contributed by atoms with E-state index < -0.39 is 11.6 Å². The lowest BCUT2D eigenvalue weighted by Crippen LogP contribution is -1.97. The summed E-state index contributed by atoms with van der Waals surface area (Å²) >= 11 is 0. The van der Waals surface area contributed by atoms with Crippen molar-refractivity contribution in [2.45, 2.75) is 12.8 Å². The first-order valence-electron chi connectivity index (χ1n) is 4.05. The summed E-state index contributed by atoms with van der Waals surface area (Å²) in [7, 11) is 0. The average molecular weight is 198 g/mol. The Labute approximate surface area is 79.5 Å². The Morgan fingerprint density at radius 3 is 2.36 bits per heavy atom. The van der Waals surface area contributed by atoms with Crippen molar-refractivity contribution >= 4 is 12.6 Å². The fraction of sp³-hybridized carbons (Fsp3) is 0.200. The molecule has 0 aromatic heterocycles. The summed E-state index contributed by atoms with van der Waals surface area (Å²) in [5.74, 6) is -2.06. The molecule has 0 heterocycles. The Bertz CT molecular complexity index is 361. The first kappa shape index (κ1) is 10.5. The Hall–Kier alpha value is -1.58. The third-order valence-corrected chi connectivity index (χ3v) is 1.84. The van der Waals surface area contributed by atoms with E-state index in [2.05, 4.69) is 0 Å². The van der Waals surface area contributed by atoms with E-state index >= 15 is 0 Å². The molecule has 0 aliphatic heterocycles. The van der Waals surface area contributed by atoms with Gasteiger partial charge in [-0.3, -0.25) is 4.79 Å². The molecule has 0 bridgehead atoms. The van der Waals surface area contributed by atoms with Gasteiger partial charge in [0.2, 0.25) is 0 Å². The van der Waals surface area contributed by atoms with Crippen LogP contribution in [0.3, 0.4) is 0 Å². The van der Waals surface area contributed by atoms with Gasteiger partial charge in [-0.1, -0.05) is 0 Å². The third-order valence-electron chi connectivity index (χ3n) is 1.84. The minimum Gasteiger partial charge on any atom is -0.303 e. The Balaban J connectivity index is 3.06. The molecule has 0 amide bonds. The van der Waals surface area contributed by atoms with Crippen LogP contribution in [0, 0.1) is 11.6 Å². The quantitative estimate of drug-likeness (QED) is 0.692. The smallest absolute Gasteiger partial charge is 0.159 e. The molecule has 0 radical (unpaired) electrons. The van der Waals surface area contributed by atoms with Crippen molar-refractivity contribution in [1.82, 2.24) is 0 Å². The highest BCUT2D eigenvalue weighted by molar-refractivity contribution is 5.77. The number of carbonyl (C=O) groups is 2. The fourth-order valence-corrected chi connectivity index (χ4v) is 1.14. The second-order valence-electron chi connectivity index (χ2n) is 2.79. The molecule has 2 nitrogen and oxygen atoms in total. The van der Waals surface area contributed by atoms with Crippen molar-refractivity contribution in [3.05, 3.63) is 34.9 Å². The van der Waals surface area contributed by atoms with Crippen molar-refractivity contribution < 1.29 is 18.4 Å². The summed E-state index contributed by atoms with van der Waals surface area (Å²) < 4.78 is 25.4. The lowest BCUT2D eigenvalue weighted by Gasteiger charge is -2.03. The molecular formula is C10H8F2O2. The maximum absolute atomic E-state index is 12.7. The van der Waals surface area contributed by atoms with E-state index in [-0.39, 0.29) is 18.4 Å². The summed E-state index contributed by atoms with van der Waals surface area (Å²) in [6.45, 7) is 0. The highest BCUT2D eigenvalue weighted by Crippen LogP contribution is 2.14. The van der Waals surface area contributed by atoms with Gasteiger partial charge in [-0.2, -0.15) is 0 Å². The predicted molar refractivity (Wildman–Crippen MR) is 46.1 cm³/mol. The van der Waals surface area contributed by atoms with Crippen LogP contribution in [0.1, 0.15) is 22.3 Å². The molecule has 0 saturated carbocycles. The van der Waals surface area contributed by atoms with Gasteiger partial charge in [0.05, 0.1) is 0 Å². The van der Waals surface area contributed by atoms with E-state index in [4.69, 9.17) is 0 Å².